The zero-order valence-electron chi connectivity index (χ0n) is 11.8. The van der Waals surface area contributed by atoms with Gasteiger partial charge >= 0.3 is 0 Å². The van der Waals surface area contributed by atoms with Crippen molar-refractivity contribution in [3.63, 3.8) is 0 Å². The highest BCUT2D eigenvalue weighted by Gasteiger charge is 2.18. The molecule has 0 aliphatic rings. The summed E-state index contributed by atoms with van der Waals surface area (Å²) in [5, 5.41) is 0. The molecule has 0 fully saturated rings. The van der Waals surface area contributed by atoms with Crippen molar-refractivity contribution >= 4 is 0 Å². The van der Waals surface area contributed by atoms with E-state index in [-0.39, 0.29) is 11.3 Å². The summed E-state index contributed by atoms with van der Waals surface area (Å²) in [4.78, 5) is 4.16. The molecule has 0 saturated heterocycles. The van der Waals surface area contributed by atoms with Crippen LogP contribution in [0.2, 0.25) is 0 Å². The predicted octanol–water partition coefficient (Wildman–Crippen LogP) is 5.14. The van der Waals surface area contributed by atoms with Gasteiger partial charge < -0.3 is 0 Å². The van der Waals surface area contributed by atoms with Crippen LogP contribution in [-0.2, 0) is 0 Å². The fraction of sp³-hybridized carbons (Fsp3) is 0.0556. The van der Waals surface area contributed by atoms with E-state index >= 15 is 0 Å². The Bertz CT molecular complexity index is 829. The van der Waals surface area contributed by atoms with Crippen molar-refractivity contribution in [2.24, 2.45) is 0 Å². The second-order valence-electron chi connectivity index (χ2n) is 4.97. The number of hydrogen-bond acceptors (Lipinski definition) is 1. The molecule has 0 amide bonds. The highest BCUT2D eigenvalue weighted by molar-refractivity contribution is 5.83. The Kier molecular flexibility index (Phi) is 3.67. The zero-order valence-corrected chi connectivity index (χ0v) is 11.8. The van der Waals surface area contributed by atoms with Gasteiger partial charge in [0.05, 0.1) is 5.69 Å². The molecule has 0 bridgehead atoms. The number of rotatable bonds is 2. The lowest BCUT2D eigenvalue weighted by atomic mass is 9.95. The van der Waals surface area contributed by atoms with Crippen LogP contribution in [0.15, 0.2) is 54.7 Å². The first-order valence-corrected chi connectivity index (χ1v) is 6.74. The van der Waals surface area contributed by atoms with Crippen molar-refractivity contribution in [2.75, 3.05) is 0 Å². The van der Waals surface area contributed by atoms with Crippen LogP contribution in [0.3, 0.4) is 0 Å². The molecule has 110 valence electrons. The molecule has 0 aliphatic carbocycles. The van der Waals surface area contributed by atoms with Crippen molar-refractivity contribution in [3.8, 4) is 22.4 Å². The van der Waals surface area contributed by atoms with E-state index in [0.29, 0.717) is 11.6 Å². The maximum absolute atomic E-state index is 14.1. The molecule has 0 radical (unpaired) electrons. The summed E-state index contributed by atoms with van der Waals surface area (Å²) in [7, 11) is 0. The van der Waals surface area contributed by atoms with Crippen molar-refractivity contribution < 1.29 is 13.2 Å². The molecule has 1 nitrogen and oxygen atoms in total. The lowest BCUT2D eigenvalue weighted by Gasteiger charge is -2.13. The van der Waals surface area contributed by atoms with Gasteiger partial charge in [0.2, 0.25) is 0 Å². The minimum Gasteiger partial charge on any atom is -0.255 e. The second kappa shape index (κ2) is 5.64. The molecule has 3 aromatic rings. The van der Waals surface area contributed by atoms with Gasteiger partial charge in [0.25, 0.3) is 0 Å². The number of hydrogen-bond donors (Lipinski definition) is 0. The van der Waals surface area contributed by atoms with Gasteiger partial charge in [0.15, 0.2) is 11.6 Å². The fourth-order valence-electron chi connectivity index (χ4n) is 2.46. The van der Waals surface area contributed by atoms with Crippen LogP contribution in [0, 0.1) is 24.4 Å². The third-order valence-corrected chi connectivity index (χ3v) is 3.47. The first-order valence-electron chi connectivity index (χ1n) is 6.74. The smallest absolute Gasteiger partial charge is 0.168 e. The normalized spacial score (nSPS) is 10.7. The van der Waals surface area contributed by atoms with Crippen molar-refractivity contribution in [1.29, 1.82) is 0 Å². The van der Waals surface area contributed by atoms with Crippen molar-refractivity contribution in [1.82, 2.24) is 4.98 Å². The lowest BCUT2D eigenvalue weighted by molar-refractivity contribution is 0.497. The van der Waals surface area contributed by atoms with Crippen LogP contribution >= 0.6 is 0 Å². The Morgan fingerprint density at radius 2 is 1.64 bits per heavy atom. The SMILES string of the molecule is Cc1ccnc(-c2cc(F)cc(F)c2F)c1-c1ccccc1. The first-order chi connectivity index (χ1) is 10.6. The van der Waals surface area contributed by atoms with Gasteiger partial charge in [0, 0.05) is 23.4 Å². The summed E-state index contributed by atoms with van der Waals surface area (Å²) in [6.45, 7) is 1.85. The highest BCUT2D eigenvalue weighted by Crippen LogP contribution is 2.35. The largest absolute Gasteiger partial charge is 0.255 e. The molecule has 0 atom stereocenters. The lowest BCUT2D eigenvalue weighted by Crippen LogP contribution is -1.98. The standard InChI is InChI=1S/C18H12F3N/c1-11-7-8-22-18(16(11)12-5-3-2-4-6-12)14-9-13(19)10-15(20)17(14)21/h2-10H,1H3. The van der Waals surface area contributed by atoms with Gasteiger partial charge in [0.1, 0.15) is 5.82 Å². The molecule has 1 heterocycles. The van der Waals surface area contributed by atoms with Crippen LogP contribution in [0.1, 0.15) is 5.56 Å². The van der Waals surface area contributed by atoms with Crippen molar-refractivity contribution in [3.05, 3.63) is 77.7 Å². The average molecular weight is 299 g/mol. The monoisotopic (exact) mass is 299 g/mol. The van der Waals surface area contributed by atoms with E-state index in [1.807, 2.05) is 37.3 Å². The van der Waals surface area contributed by atoms with E-state index in [9.17, 15) is 13.2 Å². The Balaban J connectivity index is 2.32. The fourth-order valence-corrected chi connectivity index (χ4v) is 2.46. The minimum atomic E-state index is -1.22. The second-order valence-corrected chi connectivity index (χ2v) is 4.97. The molecule has 0 N–H and O–H groups in total. The van der Waals surface area contributed by atoms with E-state index in [2.05, 4.69) is 4.98 Å². The molecule has 2 aromatic carbocycles. The summed E-state index contributed by atoms with van der Waals surface area (Å²) in [5.74, 6) is -3.16. The maximum Gasteiger partial charge on any atom is 0.168 e. The summed E-state index contributed by atoms with van der Waals surface area (Å²) in [6, 6.07) is 12.5. The highest BCUT2D eigenvalue weighted by atomic mass is 19.2. The Hall–Kier alpha value is -2.62. The van der Waals surface area contributed by atoms with Crippen LogP contribution in [0.5, 0.6) is 0 Å². The van der Waals surface area contributed by atoms with Crippen molar-refractivity contribution in [2.45, 2.75) is 6.92 Å². The number of aryl methyl sites for hydroxylation is 1. The Labute approximate surface area is 126 Å². The molecule has 22 heavy (non-hydrogen) atoms. The number of nitrogens with zero attached hydrogens (tertiary/aromatic N) is 1. The number of halogens is 3. The third-order valence-electron chi connectivity index (χ3n) is 3.47. The molecular formula is C18H12F3N. The third kappa shape index (κ3) is 2.48. The van der Waals surface area contributed by atoms with Crippen LogP contribution < -0.4 is 0 Å². The van der Waals surface area contributed by atoms with Gasteiger partial charge in [-0.25, -0.2) is 13.2 Å². The molecular weight excluding hydrogens is 287 g/mol. The number of pyridine rings is 1. The van der Waals surface area contributed by atoms with Gasteiger partial charge in [-0.05, 0) is 30.2 Å². The molecule has 4 heteroatoms. The van der Waals surface area contributed by atoms with E-state index in [0.717, 1.165) is 17.2 Å². The average Bonchev–Trinajstić information content (AvgIpc) is 2.51. The Morgan fingerprint density at radius 1 is 0.909 bits per heavy atom. The van der Waals surface area contributed by atoms with E-state index in [4.69, 9.17) is 0 Å². The topological polar surface area (TPSA) is 12.9 Å². The zero-order chi connectivity index (χ0) is 15.7. The number of aromatic nitrogens is 1. The van der Waals surface area contributed by atoms with Gasteiger partial charge in [-0.15, -0.1) is 0 Å². The molecule has 0 saturated carbocycles. The Morgan fingerprint density at radius 3 is 2.36 bits per heavy atom. The van der Waals surface area contributed by atoms with Crippen LogP contribution in [-0.4, -0.2) is 4.98 Å². The summed E-state index contributed by atoms with van der Waals surface area (Å²) in [6.07, 6.45) is 1.50. The first kappa shape index (κ1) is 14.3. The van der Waals surface area contributed by atoms with E-state index < -0.39 is 17.5 Å². The molecule has 3 rings (SSSR count). The minimum absolute atomic E-state index is 0.181. The summed E-state index contributed by atoms with van der Waals surface area (Å²) < 4.78 is 41.1. The summed E-state index contributed by atoms with van der Waals surface area (Å²) in [5.41, 5.74) is 2.36. The quantitative estimate of drug-likeness (QED) is 0.597. The molecule has 0 unspecified atom stereocenters. The molecule has 1 aromatic heterocycles. The van der Waals surface area contributed by atoms with E-state index in [1.54, 1.807) is 6.07 Å². The van der Waals surface area contributed by atoms with Gasteiger partial charge in [-0.3, -0.25) is 4.98 Å². The van der Waals surface area contributed by atoms with Crippen LogP contribution in [0.25, 0.3) is 22.4 Å². The van der Waals surface area contributed by atoms with E-state index in [1.165, 1.54) is 6.20 Å². The van der Waals surface area contributed by atoms with Gasteiger partial charge in [-0.2, -0.15) is 0 Å². The summed E-state index contributed by atoms with van der Waals surface area (Å²) >= 11 is 0. The molecule has 0 spiro atoms. The predicted molar refractivity (Wildman–Crippen MR) is 79.7 cm³/mol. The number of benzene rings is 2. The molecule has 0 aliphatic heterocycles. The van der Waals surface area contributed by atoms with Gasteiger partial charge in [-0.1, -0.05) is 30.3 Å². The maximum atomic E-state index is 14.1. The van der Waals surface area contributed by atoms with Crippen LogP contribution in [0.4, 0.5) is 13.2 Å².